The molecule has 0 atom stereocenters. The van der Waals surface area contributed by atoms with Crippen LogP contribution >= 0.6 is 15.9 Å². The summed E-state index contributed by atoms with van der Waals surface area (Å²) in [6.07, 6.45) is 5.40. The Morgan fingerprint density at radius 3 is 2.67 bits per heavy atom. The number of nitrogens with one attached hydrogen (secondary N) is 1. The summed E-state index contributed by atoms with van der Waals surface area (Å²) in [5, 5.41) is 22.3. The third-order valence-electron chi connectivity index (χ3n) is 3.64. The molecule has 1 saturated carbocycles. The van der Waals surface area contributed by atoms with Crippen molar-refractivity contribution in [1.29, 1.82) is 5.26 Å². The van der Waals surface area contributed by atoms with E-state index >= 15 is 0 Å². The van der Waals surface area contributed by atoms with Gasteiger partial charge < -0.3 is 10.4 Å². The highest BCUT2D eigenvalue weighted by atomic mass is 79.9. The van der Waals surface area contributed by atoms with Crippen molar-refractivity contribution in [2.75, 3.05) is 11.9 Å². The fourth-order valence-corrected chi connectivity index (χ4v) is 3.03. The molecule has 0 amide bonds. The molecule has 2 N–H and O–H groups in total. The normalized spacial score (nSPS) is 18.1. The molecule has 18 heavy (non-hydrogen) atoms. The van der Waals surface area contributed by atoms with E-state index in [1.165, 1.54) is 6.42 Å². The Morgan fingerprint density at radius 1 is 1.33 bits per heavy atom. The molecule has 3 nitrogen and oxygen atoms in total. The zero-order chi connectivity index (χ0) is 13.0. The van der Waals surface area contributed by atoms with E-state index in [4.69, 9.17) is 0 Å². The van der Waals surface area contributed by atoms with Crippen molar-refractivity contribution in [2.24, 2.45) is 0 Å². The van der Waals surface area contributed by atoms with Crippen molar-refractivity contribution >= 4 is 21.6 Å². The Kier molecular flexibility index (Phi) is 4.26. The first-order chi connectivity index (χ1) is 8.71. The van der Waals surface area contributed by atoms with Crippen LogP contribution in [0.1, 0.15) is 37.7 Å². The summed E-state index contributed by atoms with van der Waals surface area (Å²) in [6, 6.07) is 7.86. The van der Waals surface area contributed by atoms with Crippen molar-refractivity contribution in [3.63, 3.8) is 0 Å². The molecule has 1 aliphatic rings. The molecule has 1 aromatic rings. The monoisotopic (exact) mass is 308 g/mol. The zero-order valence-corrected chi connectivity index (χ0v) is 11.8. The topological polar surface area (TPSA) is 56.0 Å². The second kappa shape index (κ2) is 5.73. The molecule has 4 heteroatoms. The van der Waals surface area contributed by atoms with Gasteiger partial charge in [0, 0.05) is 4.47 Å². The fourth-order valence-electron chi connectivity index (χ4n) is 2.58. The minimum Gasteiger partial charge on any atom is -0.394 e. The number of nitriles is 1. The minimum absolute atomic E-state index is 0.115. The van der Waals surface area contributed by atoms with Crippen LogP contribution in [0, 0.1) is 11.3 Å². The first-order valence-electron chi connectivity index (χ1n) is 6.28. The molecule has 0 bridgehead atoms. The quantitative estimate of drug-likeness (QED) is 0.899. The van der Waals surface area contributed by atoms with E-state index in [-0.39, 0.29) is 12.1 Å². The lowest BCUT2D eigenvalue weighted by Crippen LogP contribution is -2.44. The maximum Gasteiger partial charge on any atom is 0.103 e. The number of anilines is 1. The van der Waals surface area contributed by atoms with Gasteiger partial charge in [-0.1, -0.05) is 25.3 Å². The predicted octanol–water partition coefficient (Wildman–Crippen LogP) is 3.43. The molecule has 1 aliphatic carbocycles. The van der Waals surface area contributed by atoms with Gasteiger partial charge in [-0.15, -0.1) is 0 Å². The van der Waals surface area contributed by atoms with E-state index < -0.39 is 0 Å². The number of benzene rings is 1. The van der Waals surface area contributed by atoms with Crippen LogP contribution in [-0.4, -0.2) is 17.3 Å². The zero-order valence-electron chi connectivity index (χ0n) is 10.2. The molecular formula is C14H17BrN2O. The van der Waals surface area contributed by atoms with Gasteiger partial charge in [0.15, 0.2) is 0 Å². The molecule has 0 heterocycles. The summed E-state index contributed by atoms with van der Waals surface area (Å²) in [5.74, 6) is 0. The van der Waals surface area contributed by atoms with Crippen LogP contribution in [0.2, 0.25) is 0 Å². The summed E-state index contributed by atoms with van der Waals surface area (Å²) in [6.45, 7) is 0.115. The minimum atomic E-state index is -0.259. The van der Waals surface area contributed by atoms with Crippen LogP contribution in [0.5, 0.6) is 0 Å². The Morgan fingerprint density at radius 2 is 2.06 bits per heavy atom. The second-order valence-electron chi connectivity index (χ2n) is 4.90. The lowest BCUT2D eigenvalue weighted by Gasteiger charge is -2.37. The first-order valence-corrected chi connectivity index (χ1v) is 7.08. The van der Waals surface area contributed by atoms with E-state index in [9.17, 15) is 10.4 Å². The van der Waals surface area contributed by atoms with Crippen LogP contribution in [0.4, 0.5) is 5.69 Å². The van der Waals surface area contributed by atoms with Gasteiger partial charge in [-0.25, -0.2) is 0 Å². The second-order valence-corrected chi connectivity index (χ2v) is 5.75. The number of aliphatic hydroxyl groups excluding tert-OH is 1. The van der Waals surface area contributed by atoms with Crippen LogP contribution in [-0.2, 0) is 0 Å². The van der Waals surface area contributed by atoms with Gasteiger partial charge in [0.05, 0.1) is 23.4 Å². The molecule has 0 spiro atoms. The molecule has 0 saturated heterocycles. The summed E-state index contributed by atoms with van der Waals surface area (Å²) < 4.78 is 0.791. The molecular weight excluding hydrogens is 292 g/mol. The van der Waals surface area contributed by atoms with Crippen molar-refractivity contribution in [1.82, 2.24) is 0 Å². The highest BCUT2D eigenvalue weighted by Crippen LogP contribution is 2.33. The molecule has 0 unspecified atom stereocenters. The van der Waals surface area contributed by atoms with Crippen molar-refractivity contribution in [2.45, 2.75) is 37.6 Å². The van der Waals surface area contributed by atoms with E-state index in [2.05, 4.69) is 27.3 Å². The highest BCUT2D eigenvalue weighted by Gasteiger charge is 2.31. The number of hydrogen-bond donors (Lipinski definition) is 2. The molecule has 1 fully saturated rings. The van der Waals surface area contributed by atoms with E-state index in [1.54, 1.807) is 0 Å². The van der Waals surface area contributed by atoms with Crippen LogP contribution in [0.25, 0.3) is 0 Å². The van der Waals surface area contributed by atoms with Gasteiger partial charge in [-0.2, -0.15) is 5.26 Å². The number of hydrogen-bond acceptors (Lipinski definition) is 3. The molecule has 0 aromatic heterocycles. The van der Waals surface area contributed by atoms with Crippen molar-refractivity contribution in [3.8, 4) is 6.07 Å². The summed E-state index contributed by atoms with van der Waals surface area (Å²) >= 11 is 3.39. The van der Waals surface area contributed by atoms with Crippen LogP contribution in [0.3, 0.4) is 0 Å². The maximum atomic E-state index is 9.68. The average Bonchev–Trinajstić information content (AvgIpc) is 2.40. The number of halogens is 1. The van der Waals surface area contributed by atoms with Crippen LogP contribution in [0.15, 0.2) is 22.7 Å². The van der Waals surface area contributed by atoms with Gasteiger partial charge in [-0.3, -0.25) is 0 Å². The third kappa shape index (κ3) is 2.68. The Hall–Kier alpha value is -1.05. The standard InChI is InChI=1S/C14H17BrN2O/c15-12-5-4-6-13(11(12)9-16)17-14(10-18)7-2-1-3-8-14/h4-6,17-18H,1-3,7-8,10H2. The van der Waals surface area contributed by atoms with Crippen molar-refractivity contribution < 1.29 is 5.11 Å². The first kappa shape index (κ1) is 13.4. The fraction of sp³-hybridized carbons (Fsp3) is 0.500. The number of nitrogens with zero attached hydrogens (tertiary/aromatic N) is 1. The lowest BCUT2D eigenvalue weighted by molar-refractivity contribution is 0.173. The largest absolute Gasteiger partial charge is 0.394 e. The summed E-state index contributed by atoms with van der Waals surface area (Å²) in [5.41, 5.74) is 1.16. The Balaban J connectivity index is 2.27. The SMILES string of the molecule is N#Cc1c(Br)cccc1NC1(CO)CCCCC1. The lowest BCUT2D eigenvalue weighted by atomic mass is 9.82. The smallest absolute Gasteiger partial charge is 0.103 e. The molecule has 2 rings (SSSR count). The van der Waals surface area contributed by atoms with Crippen molar-refractivity contribution in [3.05, 3.63) is 28.2 Å². The molecule has 96 valence electrons. The third-order valence-corrected chi connectivity index (χ3v) is 4.30. The maximum absolute atomic E-state index is 9.68. The molecule has 1 aromatic carbocycles. The van der Waals surface area contributed by atoms with E-state index in [0.717, 1.165) is 35.8 Å². The number of aliphatic hydroxyl groups is 1. The van der Waals surface area contributed by atoms with Gasteiger partial charge in [-0.05, 0) is 40.9 Å². The van der Waals surface area contributed by atoms with Crippen LogP contribution < -0.4 is 5.32 Å². The van der Waals surface area contributed by atoms with Gasteiger partial charge >= 0.3 is 0 Å². The average molecular weight is 309 g/mol. The van der Waals surface area contributed by atoms with Gasteiger partial charge in [0.2, 0.25) is 0 Å². The van der Waals surface area contributed by atoms with E-state index in [1.807, 2.05) is 18.2 Å². The molecule has 0 radical (unpaired) electrons. The van der Waals surface area contributed by atoms with E-state index in [0.29, 0.717) is 5.56 Å². The highest BCUT2D eigenvalue weighted by molar-refractivity contribution is 9.10. The molecule has 0 aliphatic heterocycles. The summed E-state index contributed by atoms with van der Waals surface area (Å²) in [4.78, 5) is 0. The Bertz CT molecular complexity index is 461. The van der Waals surface area contributed by atoms with Gasteiger partial charge in [0.25, 0.3) is 0 Å². The predicted molar refractivity (Wildman–Crippen MR) is 75.4 cm³/mol. The van der Waals surface area contributed by atoms with Gasteiger partial charge in [0.1, 0.15) is 6.07 Å². The summed E-state index contributed by atoms with van der Waals surface area (Å²) in [7, 11) is 0. The Labute approximate surface area is 116 Å². The number of rotatable bonds is 3.